The Balaban J connectivity index is 1.18. The number of rotatable bonds is 3. The van der Waals surface area contributed by atoms with Crippen LogP contribution in [0.25, 0.3) is 0 Å². The Kier molecular flexibility index (Phi) is 3.42. The SMILES string of the molecule is CC(NC(=O)NC1C2CC3CC(C2)CC1C3)C1CC2CCC1C2. The molecule has 6 rings (SSSR count). The number of hydrogen-bond donors (Lipinski definition) is 2. The molecule has 6 aliphatic rings. The third-order valence-corrected chi connectivity index (χ3v) is 8.32. The average Bonchev–Trinajstić information content (AvgIpc) is 3.13. The normalized spacial score (nSPS) is 51.0. The Labute approximate surface area is 140 Å². The number of fused-ring (bicyclic) bond motifs is 2. The van der Waals surface area contributed by atoms with Crippen LogP contribution < -0.4 is 10.6 Å². The van der Waals surface area contributed by atoms with E-state index in [1.165, 1.54) is 57.8 Å². The van der Waals surface area contributed by atoms with Crippen molar-refractivity contribution in [2.45, 2.75) is 76.8 Å². The smallest absolute Gasteiger partial charge is 0.315 e. The van der Waals surface area contributed by atoms with Crippen LogP contribution in [0.15, 0.2) is 0 Å². The molecule has 0 aromatic carbocycles. The van der Waals surface area contributed by atoms with E-state index in [1.54, 1.807) is 0 Å². The number of urea groups is 1. The van der Waals surface area contributed by atoms with Crippen molar-refractivity contribution in [3.63, 3.8) is 0 Å². The first kappa shape index (κ1) is 14.6. The van der Waals surface area contributed by atoms with Crippen molar-refractivity contribution in [2.24, 2.45) is 41.4 Å². The third kappa shape index (κ3) is 2.49. The fourth-order valence-corrected chi connectivity index (χ4v) is 7.57. The number of carbonyl (C=O) groups excluding carboxylic acids is 1. The average molecular weight is 316 g/mol. The van der Waals surface area contributed by atoms with Gasteiger partial charge in [-0.15, -0.1) is 0 Å². The van der Waals surface area contributed by atoms with E-state index in [1.807, 2.05) is 0 Å². The highest BCUT2D eigenvalue weighted by molar-refractivity contribution is 5.74. The molecule has 4 atom stereocenters. The first-order valence-electron chi connectivity index (χ1n) is 10.2. The maximum atomic E-state index is 12.6. The van der Waals surface area contributed by atoms with Crippen molar-refractivity contribution in [3.05, 3.63) is 0 Å². The summed E-state index contributed by atoms with van der Waals surface area (Å²) in [7, 11) is 0. The van der Waals surface area contributed by atoms with Gasteiger partial charge in [-0.3, -0.25) is 0 Å². The Morgan fingerprint density at radius 1 is 0.826 bits per heavy atom. The second-order valence-corrected chi connectivity index (χ2v) is 9.70. The standard InChI is InChI=1S/C20H32N2O/c1-11(18-10-12-2-3-15(18)5-12)21-20(23)22-19-16-6-13-4-14(8-16)9-17(19)7-13/h11-19H,2-10H2,1H3,(H2,21,22,23). The highest BCUT2D eigenvalue weighted by atomic mass is 16.2. The minimum absolute atomic E-state index is 0.123. The molecule has 3 nitrogen and oxygen atoms in total. The zero-order valence-electron chi connectivity index (χ0n) is 14.5. The van der Waals surface area contributed by atoms with Gasteiger partial charge >= 0.3 is 6.03 Å². The molecule has 4 unspecified atom stereocenters. The van der Waals surface area contributed by atoms with Crippen LogP contribution in [-0.4, -0.2) is 18.1 Å². The summed E-state index contributed by atoms with van der Waals surface area (Å²) in [6, 6.07) is 0.940. The highest BCUT2D eigenvalue weighted by Crippen LogP contribution is 2.53. The van der Waals surface area contributed by atoms with Gasteiger partial charge in [-0.1, -0.05) is 6.42 Å². The lowest BCUT2D eigenvalue weighted by Gasteiger charge is -2.54. The van der Waals surface area contributed by atoms with E-state index in [2.05, 4.69) is 17.6 Å². The Hall–Kier alpha value is -0.730. The maximum Gasteiger partial charge on any atom is 0.315 e. The molecular formula is C20H32N2O. The molecular weight excluding hydrogens is 284 g/mol. The van der Waals surface area contributed by atoms with Crippen LogP contribution in [0.4, 0.5) is 4.79 Å². The molecule has 6 bridgehead atoms. The predicted octanol–water partition coefficient (Wildman–Crippen LogP) is 3.94. The first-order valence-corrected chi connectivity index (χ1v) is 10.2. The number of amides is 2. The van der Waals surface area contributed by atoms with Crippen LogP contribution in [0.3, 0.4) is 0 Å². The topological polar surface area (TPSA) is 41.1 Å². The molecule has 2 amide bonds. The van der Waals surface area contributed by atoms with Crippen molar-refractivity contribution in [1.29, 1.82) is 0 Å². The van der Waals surface area contributed by atoms with E-state index in [-0.39, 0.29) is 6.03 Å². The van der Waals surface area contributed by atoms with E-state index < -0.39 is 0 Å². The van der Waals surface area contributed by atoms with Gasteiger partial charge < -0.3 is 10.6 Å². The molecule has 3 heteroatoms. The second kappa shape index (κ2) is 5.39. The predicted molar refractivity (Wildman–Crippen MR) is 90.9 cm³/mol. The summed E-state index contributed by atoms with van der Waals surface area (Å²) in [5.74, 6) is 6.08. The van der Waals surface area contributed by atoms with E-state index in [0.29, 0.717) is 12.1 Å². The van der Waals surface area contributed by atoms with Crippen LogP contribution >= 0.6 is 0 Å². The first-order chi connectivity index (χ1) is 11.2. The molecule has 0 radical (unpaired) electrons. The number of nitrogens with one attached hydrogen (secondary N) is 2. The molecule has 6 aliphatic carbocycles. The molecule has 0 heterocycles. The van der Waals surface area contributed by atoms with E-state index in [9.17, 15) is 4.79 Å². The summed E-state index contributed by atoms with van der Waals surface area (Å²) in [6.45, 7) is 2.24. The highest BCUT2D eigenvalue weighted by Gasteiger charge is 2.49. The molecule has 0 saturated heterocycles. The molecule has 2 N–H and O–H groups in total. The Bertz CT molecular complexity index is 462. The molecule has 0 aromatic heterocycles. The lowest BCUT2D eigenvalue weighted by molar-refractivity contribution is -0.00961. The van der Waals surface area contributed by atoms with Gasteiger partial charge in [-0.2, -0.15) is 0 Å². The Morgan fingerprint density at radius 2 is 1.48 bits per heavy atom. The van der Waals surface area contributed by atoms with Crippen molar-refractivity contribution >= 4 is 6.03 Å². The molecule has 0 aromatic rings. The zero-order chi connectivity index (χ0) is 15.6. The van der Waals surface area contributed by atoms with Gasteiger partial charge in [0.15, 0.2) is 0 Å². The van der Waals surface area contributed by atoms with Crippen molar-refractivity contribution in [1.82, 2.24) is 10.6 Å². The third-order valence-electron chi connectivity index (χ3n) is 8.32. The fraction of sp³-hybridized carbons (Fsp3) is 0.950. The fourth-order valence-electron chi connectivity index (χ4n) is 7.57. The number of hydrogen-bond acceptors (Lipinski definition) is 1. The zero-order valence-corrected chi connectivity index (χ0v) is 14.5. The molecule has 0 spiro atoms. The van der Waals surface area contributed by atoms with Gasteiger partial charge in [-0.05, 0) is 99.7 Å². The van der Waals surface area contributed by atoms with Gasteiger partial charge in [0.05, 0.1) is 0 Å². The van der Waals surface area contributed by atoms with Gasteiger partial charge in [-0.25, -0.2) is 4.79 Å². The molecule has 23 heavy (non-hydrogen) atoms. The van der Waals surface area contributed by atoms with Crippen molar-refractivity contribution in [2.75, 3.05) is 0 Å². The van der Waals surface area contributed by atoms with Crippen LogP contribution in [0, 0.1) is 41.4 Å². The van der Waals surface area contributed by atoms with E-state index in [0.717, 1.165) is 41.4 Å². The van der Waals surface area contributed by atoms with Crippen LogP contribution in [-0.2, 0) is 0 Å². The summed E-state index contributed by atoms with van der Waals surface area (Å²) in [5, 5.41) is 6.73. The summed E-state index contributed by atoms with van der Waals surface area (Å²) in [4.78, 5) is 12.6. The summed E-state index contributed by atoms with van der Waals surface area (Å²) in [6.07, 6.45) is 12.6. The minimum atomic E-state index is 0.123. The van der Waals surface area contributed by atoms with Gasteiger partial charge in [0.25, 0.3) is 0 Å². The quantitative estimate of drug-likeness (QED) is 0.813. The van der Waals surface area contributed by atoms with Crippen LogP contribution in [0.5, 0.6) is 0 Å². The van der Waals surface area contributed by atoms with Crippen LogP contribution in [0.1, 0.15) is 64.7 Å². The largest absolute Gasteiger partial charge is 0.335 e. The Morgan fingerprint density at radius 3 is 2.04 bits per heavy atom. The van der Waals surface area contributed by atoms with Crippen molar-refractivity contribution < 1.29 is 4.79 Å². The summed E-state index contributed by atoms with van der Waals surface area (Å²) >= 11 is 0. The summed E-state index contributed by atoms with van der Waals surface area (Å²) < 4.78 is 0. The molecule has 6 saturated carbocycles. The molecule has 128 valence electrons. The minimum Gasteiger partial charge on any atom is -0.335 e. The molecule has 6 fully saturated rings. The molecule has 0 aliphatic heterocycles. The van der Waals surface area contributed by atoms with Gasteiger partial charge in [0.1, 0.15) is 0 Å². The number of carbonyl (C=O) groups is 1. The van der Waals surface area contributed by atoms with E-state index in [4.69, 9.17) is 0 Å². The monoisotopic (exact) mass is 316 g/mol. The summed E-state index contributed by atoms with van der Waals surface area (Å²) in [5.41, 5.74) is 0. The lowest BCUT2D eigenvalue weighted by atomic mass is 9.54. The van der Waals surface area contributed by atoms with E-state index >= 15 is 0 Å². The maximum absolute atomic E-state index is 12.6. The second-order valence-electron chi connectivity index (χ2n) is 9.70. The van der Waals surface area contributed by atoms with Gasteiger partial charge in [0, 0.05) is 12.1 Å². The van der Waals surface area contributed by atoms with Gasteiger partial charge in [0.2, 0.25) is 0 Å². The lowest BCUT2D eigenvalue weighted by Crippen LogP contribution is -2.58. The van der Waals surface area contributed by atoms with Crippen LogP contribution in [0.2, 0.25) is 0 Å². The van der Waals surface area contributed by atoms with Crippen molar-refractivity contribution in [3.8, 4) is 0 Å².